The van der Waals surface area contributed by atoms with Crippen LogP contribution in [0.2, 0.25) is 0 Å². The van der Waals surface area contributed by atoms with Crippen LogP contribution < -0.4 is 10.6 Å². The van der Waals surface area contributed by atoms with Crippen LogP contribution in [0, 0.1) is 0 Å². The maximum absolute atomic E-state index is 11.1. The van der Waals surface area contributed by atoms with Crippen molar-refractivity contribution in [3.05, 3.63) is 18.0 Å². The first-order valence-corrected chi connectivity index (χ1v) is 7.56. The fourth-order valence-corrected chi connectivity index (χ4v) is 1.96. The molecule has 3 N–H and O–H groups in total. The van der Waals surface area contributed by atoms with Gasteiger partial charge in [0.25, 0.3) is 0 Å². The van der Waals surface area contributed by atoms with E-state index in [4.69, 9.17) is 5.11 Å². The van der Waals surface area contributed by atoms with Crippen molar-refractivity contribution in [2.45, 2.75) is 25.9 Å². The number of hydrogen-bond acceptors (Lipinski definition) is 6. The molecule has 0 radical (unpaired) electrons. The predicted octanol–water partition coefficient (Wildman–Crippen LogP) is 1.20. The Morgan fingerprint density at radius 3 is 2.68 bits per heavy atom. The highest BCUT2D eigenvalue weighted by molar-refractivity contribution is 7.98. The van der Waals surface area contributed by atoms with Crippen molar-refractivity contribution in [2.24, 2.45) is 0 Å². The van der Waals surface area contributed by atoms with Crippen molar-refractivity contribution >= 4 is 23.7 Å². The molecule has 0 amide bonds. The molecule has 1 rings (SSSR count). The summed E-state index contributed by atoms with van der Waals surface area (Å²) in [4.78, 5) is 19.3. The van der Waals surface area contributed by atoms with E-state index in [0.717, 1.165) is 17.9 Å². The fourth-order valence-electron chi connectivity index (χ4n) is 1.49. The van der Waals surface area contributed by atoms with Gasteiger partial charge in [0.05, 0.1) is 0 Å². The minimum Gasteiger partial charge on any atom is -0.480 e. The SMILES string of the molecule is CCNc1ncc(CNC(CCSC)C(=O)O)cn1. The molecule has 19 heavy (non-hydrogen) atoms. The summed E-state index contributed by atoms with van der Waals surface area (Å²) in [6, 6.07) is -0.527. The smallest absolute Gasteiger partial charge is 0.320 e. The van der Waals surface area contributed by atoms with Crippen molar-refractivity contribution in [3.8, 4) is 0 Å². The first-order chi connectivity index (χ1) is 9.17. The number of nitrogens with zero attached hydrogens (tertiary/aromatic N) is 2. The second-order valence-electron chi connectivity index (χ2n) is 4.00. The normalized spacial score (nSPS) is 12.1. The average Bonchev–Trinajstić information content (AvgIpc) is 2.40. The van der Waals surface area contributed by atoms with Crippen molar-refractivity contribution < 1.29 is 9.90 Å². The summed E-state index contributed by atoms with van der Waals surface area (Å²) < 4.78 is 0. The zero-order chi connectivity index (χ0) is 14.1. The van der Waals surface area contributed by atoms with Crippen molar-refractivity contribution in [3.63, 3.8) is 0 Å². The van der Waals surface area contributed by atoms with Crippen LogP contribution in [0.3, 0.4) is 0 Å². The summed E-state index contributed by atoms with van der Waals surface area (Å²) in [5.41, 5.74) is 0.872. The summed E-state index contributed by atoms with van der Waals surface area (Å²) in [7, 11) is 0. The molecule has 0 aliphatic carbocycles. The van der Waals surface area contributed by atoms with Crippen LogP contribution in [0.25, 0.3) is 0 Å². The topological polar surface area (TPSA) is 87.1 Å². The van der Waals surface area contributed by atoms with Crippen LogP contribution in [0.4, 0.5) is 5.95 Å². The van der Waals surface area contributed by atoms with Crippen LogP contribution in [0.1, 0.15) is 18.9 Å². The Balaban J connectivity index is 2.46. The Kier molecular flexibility index (Phi) is 7.20. The van der Waals surface area contributed by atoms with Gasteiger partial charge in [-0.3, -0.25) is 4.79 Å². The highest BCUT2D eigenvalue weighted by Gasteiger charge is 2.15. The number of hydrogen-bond donors (Lipinski definition) is 3. The second-order valence-corrected chi connectivity index (χ2v) is 4.98. The number of rotatable bonds is 9. The van der Waals surface area contributed by atoms with Crippen LogP contribution in [-0.2, 0) is 11.3 Å². The molecule has 0 aliphatic rings. The van der Waals surface area contributed by atoms with E-state index >= 15 is 0 Å². The zero-order valence-electron chi connectivity index (χ0n) is 11.2. The first kappa shape index (κ1) is 15.7. The van der Waals surface area contributed by atoms with E-state index in [0.29, 0.717) is 18.9 Å². The maximum Gasteiger partial charge on any atom is 0.320 e. The number of nitrogens with one attached hydrogen (secondary N) is 2. The average molecular weight is 284 g/mol. The van der Waals surface area contributed by atoms with Crippen LogP contribution >= 0.6 is 11.8 Å². The van der Waals surface area contributed by atoms with Gasteiger partial charge in [-0.05, 0) is 25.4 Å². The molecule has 0 spiro atoms. The van der Waals surface area contributed by atoms with E-state index in [2.05, 4.69) is 20.6 Å². The summed E-state index contributed by atoms with van der Waals surface area (Å²) in [5.74, 6) is 0.586. The Morgan fingerprint density at radius 1 is 1.47 bits per heavy atom. The lowest BCUT2D eigenvalue weighted by Gasteiger charge is -2.13. The molecule has 6 nitrogen and oxygen atoms in total. The Morgan fingerprint density at radius 2 is 2.16 bits per heavy atom. The highest BCUT2D eigenvalue weighted by Crippen LogP contribution is 2.04. The Hall–Kier alpha value is -1.34. The van der Waals surface area contributed by atoms with E-state index in [-0.39, 0.29) is 0 Å². The number of aromatic nitrogens is 2. The summed E-state index contributed by atoms with van der Waals surface area (Å²) in [6.07, 6.45) is 5.97. The molecule has 0 bridgehead atoms. The maximum atomic E-state index is 11.1. The molecule has 0 saturated carbocycles. The van der Waals surface area contributed by atoms with Gasteiger partial charge in [0.15, 0.2) is 0 Å². The third-order valence-electron chi connectivity index (χ3n) is 2.50. The lowest BCUT2D eigenvalue weighted by Crippen LogP contribution is -2.36. The molecule has 7 heteroatoms. The van der Waals surface area contributed by atoms with Gasteiger partial charge in [0, 0.05) is 31.0 Å². The molecule has 0 aromatic carbocycles. The van der Waals surface area contributed by atoms with Crippen molar-refractivity contribution in [1.29, 1.82) is 0 Å². The van der Waals surface area contributed by atoms with Crippen LogP contribution in [-0.4, -0.2) is 45.6 Å². The lowest BCUT2D eigenvalue weighted by atomic mass is 10.2. The number of thioether (sulfide) groups is 1. The third kappa shape index (κ3) is 5.89. The number of aliphatic carboxylic acids is 1. The third-order valence-corrected chi connectivity index (χ3v) is 3.15. The van der Waals surface area contributed by atoms with Gasteiger partial charge in [0.1, 0.15) is 6.04 Å². The Bertz CT molecular complexity index is 386. The number of carboxylic acid groups (broad SMARTS) is 1. The standard InChI is InChI=1S/C12H20N4O2S/c1-3-13-12-15-7-9(8-16-12)6-14-10(11(17)18)4-5-19-2/h7-8,10,14H,3-6H2,1-2H3,(H,17,18)(H,13,15,16). The lowest BCUT2D eigenvalue weighted by molar-refractivity contribution is -0.139. The summed E-state index contributed by atoms with van der Waals surface area (Å²) in [6.45, 7) is 3.20. The van der Waals surface area contributed by atoms with Crippen molar-refractivity contribution in [2.75, 3.05) is 23.9 Å². The number of anilines is 1. The largest absolute Gasteiger partial charge is 0.480 e. The molecular formula is C12H20N4O2S. The van der Waals surface area contributed by atoms with E-state index in [1.807, 2.05) is 13.2 Å². The molecule has 1 aromatic heterocycles. The molecule has 0 aliphatic heterocycles. The van der Waals surface area contributed by atoms with Crippen molar-refractivity contribution in [1.82, 2.24) is 15.3 Å². The summed E-state index contributed by atoms with van der Waals surface area (Å²) in [5, 5.41) is 15.1. The van der Waals surface area contributed by atoms with Crippen LogP contribution in [0.15, 0.2) is 12.4 Å². The van der Waals surface area contributed by atoms with E-state index in [9.17, 15) is 4.79 Å². The van der Waals surface area contributed by atoms with Gasteiger partial charge in [0.2, 0.25) is 5.95 Å². The molecule has 1 heterocycles. The molecule has 1 unspecified atom stereocenters. The number of carbonyl (C=O) groups is 1. The van der Waals surface area contributed by atoms with Gasteiger partial charge >= 0.3 is 5.97 Å². The summed E-state index contributed by atoms with van der Waals surface area (Å²) >= 11 is 1.64. The minimum atomic E-state index is -0.820. The van der Waals surface area contributed by atoms with Crippen LogP contribution in [0.5, 0.6) is 0 Å². The predicted molar refractivity (Wildman–Crippen MR) is 77.5 cm³/mol. The minimum absolute atomic E-state index is 0.456. The molecule has 1 aromatic rings. The highest BCUT2D eigenvalue weighted by atomic mass is 32.2. The van der Waals surface area contributed by atoms with E-state index in [1.165, 1.54) is 0 Å². The molecule has 0 saturated heterocycles. The fraction of sp³-hybridized carbons (Fsp3) is 0.583. The zero-order valence-corrected chi connectivity index (χ0v) is 12.0. The second kappa shape index (κ2) is 8.71. The molecule has 1 atom stereocenters. The molecule has 106 valence electrons. The van der Waals surface area contributed by atoms with Gasteiger partial charge < -0.3 is 15.7 Å². The number of carboxylic acids is 1. The van der Waals surface area contributed by atoms with E-state index < -0.39 is 12.0 Å². The van der Waals surface area contributed by atoms with Gasteiger partial charge in [-0.15, -0.1) is 0 Å². The molecule has 0 fully saturated rings. The Labute approximate surface area is 117 Å². The first-order valence-electron chi connectivity index (χ1n) is 6.17. The van der Waals surface area contributed by atoms with Gasteiger partial charge in [-0.2, -0.15) is 11.8 Å². The van der Waals surface area contributed by atoms with Gasteiger partial charge in [-0.1, -0.05) is 0 Å². The monoisotopic (exact) mass is 284 g/mol. The van der Waals surface area contributed by atoms with Gasteiger partial charge in [-0.25, -0.2) is 9.97 Å². The quantitative estimate of drug-likeness (QED) is 0.628. The molecular weight excluding hydrogens is 264 g/mol. The van der Waals surface area contributed by atoms with E-state index in [1.54, 1.807) is 24.2 Å².